The number of hydrogen-bond donors (Lipinski definition) is 1. The van der Waals surface area contributed by atoms with Gasteiger partial charge in [-0.3, -0.25) is 0 Å². The molecule has 0 radical (unpaired) electrons. The first-order valence-electron chi connectivity index (χ1n) is 2.52. The molecule has 0 bridgehead atoms. The molecule has 0 aromatic rings. The standard InChI is InChI=1S/C5H9NO2/c1-4-5(2,7)3-8-6-4/h7H,3H2,1-2H3. The van der Waals surface area contributed by atoms with Crippen LogP contribution in [0.1, 0.15) is 13.8 Å². The Bertz CT molecular complexity index is 128. The highest BCUT2D eigenvalue weighted by atomic mass is 16.6. The zero-order valence-electron chi connectivity index (χ0n) is 5.01. The fourth-order valence-electron chi connectivity index (χ4n) is 0.458. The molecule has 0 amide bonds. The van der Waals surface area contributed by atoms with Crippen molar-refractivity contribution in [3.8, 4) is 0 Å². The van der Waals surface area contributed by atoms with Crippen molar-refractivity contribution in [2.24, 2.45) is 5.16 Å². The van der Waals surface area contributed by atoms with Crippen LogP contribution >= 0.6 is 0 Å². The Balaban J connectivity index is 2.73. The van der Waals surface area contributed by atoms with Crippen LogP contribution in [0.5, 0.6) is 0 Å². The Kier molecular flexibility index (Phi) is 1.01. The predicted octanol–water partition coefficient (Wildman–Crippen LogP) is 0.144. The van der Waals surface area contributed by atoms with Crippen LogP contribution in [0.4, 0.5) is 0 Å². The summed E-state index contributed by atoms with van der Waals surface area (Å²) in [5.41, 5.74) is -0.169. The van der Waals surface area contributed by atoms with E-state index in [4.69, 9.17) is 0 Å². The van der Waals surface area contributed by atoms with Gasteiger partial charge in [0.25, 0.3) is 0 Å². The third-order valence-electron chi connectivity index (χ3n) is 1.33. The molecule has 3 nitrogen and oxygen atoms in total. The molecule has 0 saturated carbocycles. The first-order valence-corrected chi connectivity index (χ1v) is 2.52. The topological polar surface area (TPSA) is 41.8 Å². The summed E-state index contributed by atoms with van der Waals surface area (Å²) in [7, 11) is 0. The fraction of sp³-hybridized carbons (Fsp3) is 0.800. The van der Waals surface area contributed by atoms with Gasteiger partial charge in [-0.1, -0.05) is 5.16 Å². The van der Waals surface area contributed by atoms with E-state index < -0.39 is 5.60 Å². The van der Waals surface area contributed by atoms with Crippen molar-refractivity contribution < 1.29 is 9.94 Å². The van der Waals surface area contributed by atoms with Crippen molar-refractivity contribution in [3.05, 3.63) is 0 Å². The van der Waals surface area contributed by atoms with Crippen LogP contribution in [0, 0.1) is 0 Å². The first-order chi connectivity index (χ1) is 3.63. The van der Waals surface area contributed by atoms with Gasteiger partial charge in [-0.15, -0.1) is 0 Å². The molecule has 0 spiro atoms. The summed E-state index contributed by atoms with van der Waals surface area (Å²) in [6, 6.07) is 0. The summed E-state index contributed by atoms with van der Waals surface area (Å²) in [4.78, 5) is 4.61. The van der Waals surface area contributed by atoms with Crippen LogP contribution in [0.25, 0.3) is 0 Å². The maximum atomic E-state index is 9.21. The molecule has 8 heavy (non-hydrogen) atoms. The largest absolute Gasteiger partial charge is 0.392 e. The fourth-order valence-corrected chi connectivity index (χ4v) is 0.458. The number of rotatable bonds is 0. The SMILES string of the molecule is CC1=NOCC1(C)O. The van der Waals surface area contributed by atoms with E-state index in [-0.39, 0.29) is 0 Å². The highest BCUT2D eigenvalue weighted by molar-refractivity contribution is 5.90. The van der Waals surface area contributed by atoms with E-state index in [1.807, 2.05) is 0 Å². The molecule has 0 aliphatic carbocycles. The summed E-state index contributed by atoms with van der Waals surface area (Å²) in [5, 5.41) is 12.8. The number of nitrogens with zero attached hydrogens (tertiary/aromatic N) is 1. The quantitative estimate of drug-likeness (QED) is 0.488. The summed E-state index contributed by atoms with van der Waals surface area (Å²) in [6.07, 6.45) is 0. The van der Waals surface area contributed by atoms with Gasteiger partial charge >= 0.3 is 0 Å². The van der Waals surface area contributed by atoms with Gasteiger partial charge in [0, 0.05) is 0 Å². The van der Waals surface area contributed by atoms with Crippen LogP contribution < -0.4 is 0 Å². The van der Waals surface area contributed by atoms with E-state index in [1.54, 1.807) is 13.8 Å². The van der Waals surface area contributed by atoms with Gasteiger partial charge < -0.3 is 9.94 Å². The van der Waals surface area contributed by atoms with Gasteiger partial charge in [-0.2, -0.15) is 0 Å². The lowest BCUT2D eigenvalue weighted by molar-refractivity contribution is 0.0463. The highest BCUT2D eigenvalue weighted by Gasteiger charge is 2.30. The zero-order valence-corrected chi connectivity index (χ0v) is 5.01. The van der Waals surface area contributed by atoms with Crippen LogP contribution in [0.3, 0.4) is 0 Å². The molecule has 3 heteroatoms. The lowest BCUT2D eigenvalue weighted by Crippen LogP contribution is -2.32. The van der Waals surface area contributed by atoms with Gasteiger partial charge in [-0.05, 0) is 13.8 Å². The Labute approximate surface area is 48.0 Å². The van der Waals surface area contributed by atoms with Crippen molar-refractivity contribution >= 4 is 5.71 Å². The van der Waals surface area contributed by atoms with E-state index in [9.17, 15) is 5.11 Å². The molecule has 0 aromatic carbocycles. The second kappa shape index (κ2) is 1.45. The van der Waals surface area contributed by atoms with Crippen LogP contribution in [0.2, 0.25) is 0 Å². The summed E-state index contributed by atoms with van der Waals surface area (Å²) in [6.45, 7) is 3.71. The minimum absolute atomic E-state index is 0.291. The normalized spacial score (nSPS) is 36.6. The number of oxime groups is 1. The predicted molar refractivity (Wildman–Crippen MR) is 29.7 cm³/mol. The Morgan fingerprint density at radius 3 is 2.62 bits per heavy atom. The maximum absolute atomic E-state index is 9.21. The smallest absolute Gasteiger partial charge is 0.151 e. The van der Waals surface area contributed by atoms with Crippen LogP contribution in [-0.4, -0.2) is 23.0 Å². The summed E-state index contributed by atoms with van der Waals surface area (Å²) >= 11 is 0. The molecule has 0 fully saturated rings. The second-order valence-electron chi connectivity index (χ2n) is 2.22. The Morgan fingerprint density at radius 2 is 2.50 bits per heavy atom. The molecule has 1 rings (SSSR count). The Morgan fingerprint density at radius 1 is 1.88 bits per heavy atom. The zero-order chi connectivity index (χ0) is 6.20. The lowest BCUT2D eigenvalue weighted by atomic mass is 10.0. The number of aliphatic hydroxyl groups is 1. The Hall–Kier alpha value is -0.570. The summed E-state index contributed by atoms with van der Waals surface area (Å²) in [5.74, 6) is 0. The maximum Gasteiger partial charge on any atom is 0.151 e. The van der Waals surface area contributed by atoms with Gasteiger partial charge in [-0.25, -0.2) is 0 Å². The highest BCUT2D eigenvalue weighted by Crippen LogP contribution is 2.13. The molecule has 46 valence electrons. The van der Waals surface area contributed by atoms with Crippen molar-refractivity contribution in [1.29, 1.82) is 0 Å². The molecular formula is C5H9NO2. The first kappa shape index (κ1) is 5.56. The summed E-state index contributed by atoms with van der Waals surface area (Å²) < 4.78 is 0. The molecular weight excluding hydrogens is 106 g/mol. The minimum Gasteiger partial charge on any atom is -0.392 e. The molecule has 1 atom stereocenters. The van der Waals surface area contributed by atoms with Gasteiger partial charge in [0.2, 0.25) is 0 Å². The molecule has 1 heterocycles. The van der Waals surface area contributed by atoms with Gasteiger partial charge in [0.05, 0.1) is 5.71 Å². The average Bonchev–Trinajstić information content (AvgIpc) is 1.86. The van der Waals surface area contributed by atoms with E-state index >= 15 is 0 Å². The molecule has 1 N–H and O–H groups in total. The lowest BCUT2D eigenvalue weighted by Gasteiger charge is -2.10. The van der Waals surface area contributed by atoms with E-state index in [1.165, 1.54) is 0 Å². The minimum atomic E-state index is -0.819. The van der Waals surface area contributed by atoms with Crippen molar-refractivity contribution in [1.82, 2.24) is 0 Å². The molecule has 1 aliphatic rings. The third kappa shape index (κ3) is 0.690. The number of hydrogen-bond acceptors (Lipinski definition) is 3. The van der Waals surface area contributed by atoms with Crippen LogP contribution in [-0.2, 0) is 4.84 Å². The molecule has 1 unspecified atom stereocenters. The van der Waals surface area contributed by atoms with Crippen molar-refractivity contribution in [2.75, 3.05) is 6.61 Å². The van der Waals surface area contributed by atoms with Gasteiger partial charge in [0.15, 0.2) is 6.61 Å². The monoisotopic (exact) mass is 115 g/mol. The van der Waals surface area contributed by atoms with Crippen molar-refractivity contribution in [2.45, 2.75) is 19.4 Å². The van der Waals surface area contributed by atoms with E-state index in [0.717, 1.165) is 0 Å². The van der Waals surface area contributed by atoms with Gasteiger partial charge in [0.1, 0.15) is 5.60 Å². The molecule has 0 aromatic heterocycles. The average molecular weight is 115 g/mol. The second-order valence-corrected chi connectivity index (χ2v) is 2.22. The third-order valence-corrected chi connectivity index (χ3v) is 1.33. The van der Waals surface area contributed by atoms with E-state index in [2.05, 4.69) is 9.99 Å². The molecule has 1 aliphatic heterocycles. The van der Waals surface area contributed by atoms with Crippen LogP contribution in [0.15, 0.2) is 5.16 Å². The van der Waals surface area contributed by atoms with E-state index in [0.29, 0.717) is 12.3 Å². The van der Waals surface area contributed by atoms with Crippen molar-refractivity contribution in [3.63, 3.8) is 0 Å². The molecule has 0 saturated heterocycles.